The maximum Gasteiger partial charge on any atom is 0.409 e. The molecule has 3 rings (SSSR count). The highest BCUT2D eigenvalue weighted by molar-refractivity contribution is 6.08. The summed E-state index contributed by atoms with van der Waals surface area (Å²) >= 11 is 0. The fourth-order valence-electron chi connectivity index (χ4n) is 4.59. The van der Waals surface area contributed by atoms with Crippen LogP contribution in [0.5, 0.6) is 0 Å². The van der Waals surface area contributed by atoms with Gasteiger partial charge in [0.25, 0.3) is 5.91 Å². The Balaban J connectivity index is 1.57. The van der Waals surface area contributed by atoms with E-state index in [1.54, 1.807) is 16.8 Å². The molecule has 1 saturated carbocycles. The van der Waals surface area contributed by atoms with Crippen LogP contribution in [-0.4, -0.2) is 95.5 Å². The second kappa shape index (κ2) is 9.22. The van der Waals surface area contributed by atoms with Crippen LogP contribution in [0.3, 0.4) is 0 Å². The van der Waals surface area contributed by atoms with E-state index in [9.17, 15) is 19.2 Å². The maximum atomic E-state index is 13.1. The lowest BCUT2D eigenvalue weighted by molar-refractivity contribution is -0.140. The Labute approximate surface area is 178 Å². The SMILES string of the molecule is CC(C)COC(=O)N1CCCN(C(=O)CN2C(=O)N(C)C3(CCCCC3)C2=O)CC1. The Kier molecular flexibility index (Phi) is 6.88. The molecule has 0 radical (unpaired) electrons. The first-order valence-electron chi connectivity index (χ1n) is 11.1. The van der Waals surface area contributed by atoms with Crippen molar-refractivity contribution in [2.75, 3.05) is 46.4 Å². The highest BCUT2D eigenvalue weighted by atomic mass is 16.6. The van der Waals surface area contributed by atoms with Crippen molar-refractivity contribution in [2.45, 2.75) is 57.9 Å². The van der Waals surface area contributed by atoms with E-state index in [0.29, 0.717) is 52.0 Å². The average Bonchev–Trinajstić information content (AvgIpc) is 2.94. The monoisotopic (exact) mass is 422 g/mol. The van der Waals surface area contributed by atoms with E-state index in [4.69, 9.17) is 4.74 Å². The molecule has 0 bridgehead atoms. The molecule has 3 fully saturated rings. The smallest absolute Gasteiger partial charge is 0.409 e. The number of carbonyl (C=O) groups is 4. The second-order valence-electron chi connectivity index (χ2n) is 9.02. The van der Waals surface area contributed by atoms with Gasteiger partial charge in [-0.2, -0.15) is 0 Å². The van der Waals surface area contributed by atoms with Crippen LogP contribution in [0, 0.1) is 5.92 Å². The number of nitrogens with zero attached hydrogens (tertiary/aromatic N) is 4. The van der Waals surface area contributed by atoms with Crippen molar-refractivity contribution < 1.29 is 23.9 Å². The lowest BCUT2D eigenvalue weighted by atomic mass is 9.81. The molecule has 0 aromatic heterocycles. The fourth-order valence-corrected chi connectivity index (χ4v) is 4.59. The number of carbonyl (C=O) groups excluding carboxylic acids is 4. The Morgan fingerprint density at radius 2 is 1.60 bits per heavy atom. The molecule has 0 aromatic rings. The maximum absolute atomic E-state index is 13.1. The van der Waals surface area contributed by atoms with E-state index < -0.39 is 5.54 Å². The molecule has 0 unspecified atom stereocenters. The van der Waals surface area contributed by atoms with E-state index in [-0.39, 0.29) is 36.4 Å². The molecule has 2 aliphatic heterocycles. The van der Waals surface area contributed by atoms with Gasteiger partial charge in [0.05, 0.1) is 6.61 Å². The van der Waals surface area contributed by atoms with E-state index in [1.807, 2.05) is 13.8 Å². The van der Waals surface area contributed by atoms with Crippen LogP contribution < -0.4 is 0 Å². The molecule has 2 heterocycles. The van der Waals surface area contributed by atoms with Crippen LogP contribution in [0.4, 0.5) is 9.59 Å². The van der Waals surface area contributed by atoms with Crippen molar-refractivity contribution in [1.29, 1.82) is 0 Å². The number of ether oxygens (including phenoxy) is 1. The second-order valence-corrected chi connectivity index (χ2v) is 9.02. The van der Waals surface area contributed by atoms with Gasteiger partial charge in [0.2, 0.25) is 5.91 Å². The standard InChI is InChI=1S/C21H34N4O5/c1-16(2)15-30-20(29)24-11-7-10-23(12-13-24)17(26)14-25-18(27)21(22(3)19(25)28)8-5-4-6-9-21/h16H,4-15H2,1-3H3. The molecule has 9 heteroatoms. The van der Waals surface area contributed by atoms with Gasteiger partial charge in [0.15, 0.2) is 0 Å². The van der Waals surface area contributed by atoms with Crippen LogP contribution in [0.25, 0.3) is 0 Å². The van der Waals surface area contributed by atoms with Gasteiger partial charge in [-0.05, 0) is 25.2 Å². The third-order valence-electron chi connectivity index (χ3n) is 6.42. The molecule has 1 spiro atoms. The largest absolute Gasteiger partial charge is 0.449 e. The average molecular weight is 423 g/mol. The number of urea groups is 1. The molecule has 168 valence electrons. The number of imide groups is 1. The predicted octanol–water partition coefficient (Wildman–Crippen LogP) is 1.91. The Hall–Kier alpha value is -2.32. The normalized spacial score (nSPS) is 22.1. The highest BCUT2D eigenvalue weighted by Gasteiger charge is 2.56. The number of hydrogen-bond donors (Lipinski definition) is 0. The van der Waals surface area contributed by atoms with Crippen LogP contribution in [0.1, 0.15) is 52.4 Å². The predicted molar refractivity (Wildman–Crippen MR) is 110 cm³/mol. The van der Waals surface area contributed by atoms with E-state index in [1.165, 1.54) is 4.90 Å². The molecule has 9 nitrogen and oxygen atoms in total. The van der Waals surface area contributed by atoms with E-state index in [2.05, 4.69) is 0 Å². The summed E-state index contributed by atoms with van der Waals surface area (Å²) in [7, 11) is 1.67. The van der Waals surface area contributed by atoms with Gasteiger partial charge in [-0.1, -0.05) is 33.1 Å². The third-order valence-corrected chi connectivity index (χ3v) is 6.42. The van der Waals surface area contributed by atoms with Crippen LogP contribution in [-0.2, 0) is 14.3 Å². The molecule has 2 saturated heterocycles. The van der Waals surface area contributed by atoms with Gasteiger partial charge in [0.1, 0.15) is 12.1 Å². The zero-order valence-corrected chi connectivity index (χ0v) is 18.4. The number of hydrogen-bond acceptors (Lipinski definition) is 5. The zero-order valence-electron chi connectivity index (χ0n) is 18.4. The lowest BCUT2D eigenvalue weighted by Gasteiger charge is -2.35. The minimum Gasteiger partial charge on any atom is -0.449 e. The Bertz CT molecular complexity index is 689. The van der Waals surface area contributed by atoms with Gasteiger partial charge in [-0.3, -0.25) is 14.5 Å². The summed E-state index contributed by atoms with van der Waals surface area (Å²) in [6, 6.07) is -0.385. The Morgan fingerprint density at radius 1 is 0.967 bits per heavy atom. The molecule has 0 atom stereocenters. The first kappa shape index (κ1) is 22.4. The summed E-state index contributed by atoms with van der Waals surface area (Å²) in [5.74, 6) is -0.229. The first-order chi connectivity index (χ1) is 14.3. The lowest BCUT2D eigenvalue weighted by Crippen LogP contribution is -2.49. The molecule has 3 aliphatic rings. The molecule has 1 aliphatic carbocycles. The summed E-state index contributed by atoms with van der Waals surface area (Å²) in [5.41, 5.74) is -0.772. The summed E-state index contributed by atoms with van der Waals surface area (Å²) in [4.78, 5) is 56.8. The van der Waals surface area contributed by atoms with Gasteiger partial charge >= 0.3 is 12.1 Å². The number of amides is 5. The molecule has 5 amide bonds. The van der Waals surface area contributed by atoms with Crippen molar-refractivity contribution >= 4 is 23.9 Å². The minimum absolute atomic E-state index is 0.235. The van der Waals surface area contributed by atoms with Gasteiger partial charge in [-0.15, -0.1) is 0 Å². The van der Waals surface area contributed by atoms with E-state index >= 15 is 0 Å². The Morgan fingerprint density at radius 3 is 2.27 bits per heavy atom. The summed E-state index contributed by atoms with van der Waals surface area (Å²) in [6.07, 6.45) is 4.50. The summed E-state index contributed by atoms with van der Waals surface area (Å²) < 4.78 is 5.29. The van der Waals surface area contributed by atoms with Crippen molar-refractivity contribution in [3.05, 3.63) is 0 Å². The van der Waals surface area contributed by atoms with Gasteiger partial charge in [0, 0.05) is 33.2 Å². The van der Waals surface area contributed by atoms with Crippen LogP contribution in [0.2, 0.25) is 0 Å². The first-order valence-corrected chi connectivity index (χ1v) is 11.1. The van der Waals surface area contributed by atoms with Crippen molar-refractivity contribution in [2.24, 2.45) is 5.92 Å². The highest BCUT2D eigenvalue weighted by Crippen LogP contribution is 2.39. The van der Waals surface area contributed by atoms with Crippen LogP contribution in [0.15, 0.2) is 0 Å². The number of likely N-dealkylation sites (N-methyl/N-ethyl adjacent to an activating group) is 1. The number of rotatable bonds is 4. The van der Waals surface area contributed by atoms with Gasteiger partial charge < -0.3 is 19.4 Å². The topological polar surface area (TPSA) is 90.5 Å². The molecule has 0 aromatic carbocycles. The molecule has 30 heavy (non-hydrogen) atoms. The zero-order chi connectivity index (χ0) is 21.9. The third kappa shape index (κ3) is 4.39. The quantitative estimate of drug-likeness (QED) is 0.646. The molecular weight excluding hydrogens is 388 g/mol. The van der Waals surface area contributed by atoms with Crippen LogP contribution >= 0.6 is 0 Å². The minimum atomic E-state index is -0.772. The van der Waals surface area contributed by atoms with Crippen molar-refractivity contribution in [1.82, 2.24) is 19.6 Å². The van der Waals surface area contributed by atoms with Crippen molar-refractivity contribution in [3.8, 4) is 0 Å². The fraction of sp³-hybridized carbons (Fsp3) is 0.810. The van der Waals surface area contributed by atoms with Crippen molar-refractivity contribution in [3.63, 3.8) is 0 Å². The van der Waals surface area contributed by atoms with E-state index in [0.717, 1.165) is 24.2 Å². The molecule has 0 N–H and O–H groups in total. The summed E-state index contributed by atoms with van der Waals surface area (Å²) in [5, 5.41) is 0. The summed E-state index contributed by atoms with van der Waals surface area (Å²) in [6.45, 7) is 5.85. The van der Waals surface area contributed by atoms with Gasteiger partial charge in [-0.25, -0.2) is 9.59 Å². The molecular formula is C21H34N4O5.